The molecule has 0 N–H and O–H groups in total. The lowest BCUT2D eigenvalue weighted by atomic mass is 10.0. The van der Waals surface area contributed by atoms with Gasteiger partial charge in [-0.15, -0.1) is 0 Å². The van der Waals surface area contributed by atoms with E-state index in [4.69, 9.17) is 14.5 Å². The first-order valence-corrected chi connectivity index (χ1v) is 11.2. The summed E-state index contributed by atoms with van der Waals surface area (Å²) in [5, 5.41) is 0.651. The van der Waals surface area contributed by atoms with E-state index in [1.807, 2.05) is 49.4 Å². The average Bonchev–Trinajstić information content (AvgIpc) is 2.83. The summed E-state index contributed by atoms with van der Waals surface area (Å²) in [5.74, 6) is -0.151. The highest BCUT2D eigenvalue weighted by Gasteiger charge is 2.23. The lowest BCUT2D eigenvalue weighted by Gasteiger charge is -2.15. The number of Topliss-reactive ketones (excluding diaryl/α,β-unsaturated/α-hetero) is 1. The molecule has 5 nitrogen and oxygen atoms in total. The van der Waals surface area contributed by atoms with Gasteiger partial charge in [-0.2, -0.15) is 0 Å². The Balaban J connectivity index is 1.78. The van der Waals surface area contributed by atoms with Crippen molar-refractivity contribution in [3.63, 3.8) is 0 Å². The zero-order valence-electron chi connectivity index (χ0n) is 18.5. The smallest absolute Gasteiger partial charge is 0.339 e. The van der Waals surface area contributed by atoms with Gasteiger partial charge in [0.25, 0.3) is 0 Å². The number of benzene rings is 3. The number of aryl methyl sites for hydroxylation is 1. The van der Waals surface area contributed by atoms with Gasteiger partial charge in [-0.05, 0) is 49.7 Å². The van der Waals surface area contributed by atoms with Crippen LogP contribution in [0.2, 0.25) is 0 Å². The van der Waals surface area contributed by atoms with Crippen molar-refractivity contribution in [1.29, 1.82) is 0 Å². The molecule has 0 amide bonds. The van der Waals surface area contributed by atoms with Gasteiger partial charge >= 0.3 is 5.97 Å². The van der Waals surface area contributed by atoms with Gasteiger partial charge in [-0.25, -0.2) is 9.78 Å². The molecule has 3 aromatic carbocycles. The second-order valence-corrected chi connectivity index (χ2v) is 8.60. The maximum atomic E-state index is 13.3. The standard InChI is InChI=1S/C27H22BrNO4/c1-16-12-20(28)14-22-23(27(31)33-17(2)26(30)18-8-5-4-6-9-18)15-24(29-25(16)22)19-10-7-11-21(13-19)32-3/h4-15,17H,1-3H3. The minimum atomic E-state index is -0.934. The van der Waals surface area contributed by atoms with E-state index in [0.717, 1.165) is 15.6 Å². The summed E-state index contributed by atoms with van der Waals surface area (Å²) in [5.41, 5.74) is 3.85. The summed E-state index contributed by atoms with van der Waals surface area (Å²) in [7, 11) is 1.60. The van der Waals surface area contributed by atoms with Crippen LogP contribution >= 0.6 is 15.9 Å². The molecule has 0 radical (unpaired) electrons. The quantitative estimate of drug-likeness (QED) is 0.224. The molecule has 0 aliphatic heterocycles. The number of aromatic nitrogens is 1. The zero-order valence-corrected chi connectivity index (χ0v) is 20.0. The normalized spacial score (nSPS) is 11.8. The Bertz CT molecular complexity index is 1350. The van der Waals surface area contributed by atoms with Crippen LogP contribution in [0.3, 0.4) is 0 Å². The Kier molecular flexibility index (Phi) is 6.56. The van der Waals surface area contributed by atoms with E-state index in [9.17, 15) is 9.59 Å². The molecule has 6 heteroatoms. The van der Waals surface area contributed by atoms with Crippen molar-refractivity contribution in [2.24, 2.45) is 0 Å². The van der Waals surface area contributed by atoms with Crippen LogP contribution in [0.1, 0.15) is 33.2 Å². The number of carbonyl (C=O) groups excluding carboxylic acids is 2. The van der Waals surface area contributed by atoms with Crippen molar-refractivity contribution >= 4 is 38.6 Å². The van der Waals surface area contributed by atoms with E-state index < -0.39 is 12.1 Å². The Morgan fingerprint density at radius 1 is 0.970 bits per heavy atom. The fraction of sp³-hybridized carbons (Fsp3) is 0.148. The number of hydrogen-bond acceptors (Lipinski definition) is 5. The first-order chi connectivity index (χ1) is 15.9. The summed E-state index contributed by atoms with van der Waals surface area (Å²) in [6.07, 6.45) is -0.934. The largest absolute Gasteiger partial charge is 0.497 e. The number of fused-ring (bicyclic) bond motifs is 1. The summed E-state index contributed by atoms with van der Waals surface area (Å²) in [6.45, 7) is 3.52. The second-order valence-electron chi connectivity index (χ2n) is 7.68. The Morgan fingerprint density at radius 3 is 2.45 bits per heavy atom. The number of pyridine rings is 1. The molecular formula is C27H22BrNO4. The van der Waals surface area contributed by atoms with Crippen LogP contribution in [0.5, 0.6) is 5.75 Å². The van der Waals surface area contributed by atoms with Crippen LogP contribution in [-0.4, -0.2) is 30.0 Å². The molecular weight excluding hydrogens is 482 g/mol. The SMILES string of the molecule is COc1cccc(-c2cc(C(=O)OC(C)C(=O)c3ccccc3)c3cc(Br)cc(C)c3n2)c1. The van der Waals surface area contributed by atoms with Crippen LogP contribution in [0.4, 0.5) is 0 Å². The van der Waals surface area contributed by atoms with Gasteiger partial charge in [0.2, 0.25) is 5.78 Å². The maximum Gasteiger partial charge on any atom is 0.339 e. The van der Waals surface area contributed by atoms with E-state index in [-0.39, 0.29) is 5.78 Å². The summed E-state index contributed by atoms with van der Waals surface area (Å²) < 4.78 is 11.8. The third-order valence-electron chi connectivity index (χ3n) is 5.37. The molecule has 166 valence electrons. The number of ketones is 1. The third kappa shape index (κ3) is 4.81. The lowest BCUT2D eigenvalue weighted by Crippen LogP contribution is -2.24. The van der Waals surface area contributed by atoms with Crippen molar-refractivity contribution in [1.82, 2.24) is 4.98 Å². The topological polar surface area (TPSA) is 65.5 Å². The van der Waals surface area contributed by atoms with Gasteiger partial charge in [0.1, 0.15) is 5.75 Å². The van der Waals surface area contributed by atoms with Crippen molar-refractivity contribution in [2.75, 3.05) is 7.11 Å². The fourth-order valence-electron chi connectivity index (χ4n) is 3.67. The average molecular weight is 504 g/mol. The Labute approximate surface area is 200 Å². The summed E-state index contributed by atoms with van der Waals surface area (Å²) in [4.78, 5) is 30.8. The lowest BCUT2D eigenvalue weighted by molar-refractivity contribution is 0.0320. The molecule has 1 unspecified atom stereocenters. The van der Waals surface area contributed by atoms with Gasteiger partial charge in [0.05, 0.1) is 23.9 Å². The summed E-state index contributed by atoms with van der Waals surface area (Å²) in [6, 6.07) is 21.8. The predicted octanol–water partition coefficient (Wildman–Crippen LogP) is 6.41. The number of rotatable bonds is 6. The molecule has 0 fully saturated rings. The number of ether oxygens (including phenoxy) is 2. The molecule has 1 aromatic heterocycles. The van der Waals surface area contributed by atoms with E-state index in [1.165, 1.54) is 0 Å². The highest BCUT2D eigenvalue weighted by molar-refractivity contribution is 9.10. The predicted molar refractivity (Wildman–Crippen MR) is 132 cm³/mol. The molecule has 0 aliphatic rings. The number of halogens is 1. The molecule has 0 saturated heterocycles. The number of esters is 1. The molecule has 1 heterocycles. The molecule has 0 saturated carbocycles. The van der Waals surface area contributed by atoms with Crippen molar-refractivity contribution in [3.05, 3.63) is 94.0 Å². The number of nitrogens with zero attached hydrogens (tertiary/aromatic N) is 1. The van der Waals surface area contributed by atoms with Crippen molar-refractivity contribution in [3.8, 4) is 17.0 Å². The molecule has 4 rings (SSSR count). The van der Waals surface area contributed by atoms with Crippen molar-refractivity contribution < 1.29 is 19.1 Å². The van der Waals surface area contributed by atoms with Crippen LogP contribution in [0.25, 0.3) is 22.2 Å². The number of hydrogen-bond donors (Lipinski definition) is 0. The fourth-order valence-corrected chi connectivity index (χ4v) is 4.24. The van der Waals surface area contributed by atoms with Crippen LogP contribution in [0.15, 0.2) is 77.3 Å². The Hall–Kier alpha value is -3.51. The Morgan fingerprint density at radius 2 is 1.73 bits per heavy atom. The monoisotopic (exact) mass is 503 g/mol. The van der Waals surface area contributed by atoms with Crippen LogP contribution in [-0.2, 0) is 4.74 Å². The van der Waals surface area contributed by atoms with Gasteiger partial charge in [0.15, 0.2) is 6.10 Å². The van der Waals surface area contributed by atoms with Gasteiger partial charge in [-0.1, -0.05) is 58.4 Å². The molecule has 0 aliphatic carbocycles. The number of carbonyl (C=O) groups is 2. The minimum Gasteiger partial charge on any atom is -0.497 e. The molecule has 0 bridgehead atoms. The third-order valence-corrected chi connectivity index (χ3v) is 5.82. The molecule has 4 aromatic rings. The van der Waals surface area contributed by atoms with Gasteiger partial charge in [0, 0.05) is 21.0 Å². The van der Waals surface area contributed by atoms with E-state index in [2.05, 4.69) is 15.9 Å². The highest BCUT2D eigenvalue weighted by Crippen LogP contribution is 2.31. The van der Waals surface area contributed by atoms with E-state index in [0.29, 0.717) is 33.5 Å². The first-order valence-electron chi connectivity index (χ1n) is 10.4. The van der Waals surface area contributed by atoms with Gasteiger partial charge < -0.3 is 9.47 Å². The zero-order chi connectivity index (χ0) is 23.5. The minimum absolute atomic E-state index is 0.257. The molecule has 1 atom stereocenters. The number of methoxy groups -OCH3 is 1. The van der Waals surface area contributed by atoms with Crippen molar-refractivity contribution in [2.45, 2.75) is 20.0 Å². The van der Waals surface area contributed by atoms with E-state index >= 15 is 0 Å². The second kappa shape index (κ2) is 9.55. The van der Waals surface area contributed by atoms with Crippen LogP contribution in [0, 0.1) is 6.92 Å². The van der Waals surface area contributed by atoms with Crippen LogP contribution < -0.4 is 4.74 Å². The van der Waals surface area contributed by atoms with E-state index in [1.54, 1.807) is 44.4 Å². The maximum absolute atomic E-state index is 13.3. The van der Waals surface area contributed by atoms with Gasteiger partial charge in [-0.3, -0.25) is 4.79 Å². The summed E-state index contributed by atoms with van der Waals surface area (Å²) >= 11 is 3.50. The first kappa shape index (κ1) is 22.7. The highest BCUT2D eigenvalue weighted by atomic mass is 79.9. The molecule has 33 heavy (non-hydrogen) atoms. The molecule has 0 spiro atoms.